The van der Waals surface area contributed by atoms with E-state index in [1.54, 1.807) is 0 Å². The molecule has 15 heavy (non-hydrogen) atoms. The van der Waals surface area contributed by atoms with Crippen LogP contribution in [0.15, 0.2) is 0 Å². The van der Waals surface area contributed by atoms with Crippen LogP contribution in [0.1, 0.15) is 33.1 Å². The van der Waals surface area contributed by atoms with Gasteiger partial charge in [-0.05, 0) is 33.2 Å². The van der Waals surface area contributed by atoms with Crippen molar-refractivity contribution in [3.8, 4) is 12.3 Å². The molecule has 0 fully saturated rings. The molecule has 0 aliphatic carbocycles. The van der Waals surface area contributed by atoms with Gasteiger partial charge < -0.3 is 10.1 Å². The highest BCUT2D eigenvalue weighted by Gasteiger charge is 2.27. The maximum absolute atomic E-state index is 11.3. The molecule has 0 unspecified atom stereocenters. The second-order valence-corrected chi connectivity index (χ2v) is 4.21. The summed E-state index contributed by atoms with van der Waals surface area (Å²) in [5.74, 6) is 2.42. The van der Waals surface area contributed by atoms with E-state index >= 15 is 0 Å². The first-order valence-electron chi connectivity index (χ1n) is 5.27. The number of carbonyl (C=O) groups is 1. The summed E-state index contributed by atoms with van der Waals surface area (Å²) in [6.07, 6.45) is 8.03. The lowest BCUT2D eigenvalue weighted by Crippen LogP contribution is -2.37. The van der Waals surface area contributed by atoms with Crippen LogP contribution in [0.25, 0.3) is 0 Å². The molecule has 0 rings (SSSR count). The fraction of sp³-hybridized carbons (Fsp3) is 0.750. The van der Waals surface area contributed by atoms with E-state index in [4.69, 9.17) is 11.2 Å². The Kier molecular flexibility index (Phi) is 6.81. The summed E-state index contributed by atoms with van der Waals surface area (Å²) in [5, 5.41) is 3.23. The number of rotatable bonds is 7. The van der Waals surface area contributed by atoms with Gasteiger partial charge in [0, 0.05) is 13.0 Å². The SMILES string of the molecule is C#CCCCCNCC(C)(C)C(=O)OC. The largest absolute Gasteiger partial charge is 0.469 e. The van der Waals surface area contributed by atoms with Crippen molar-refractivity contribution in [1.82, 2.24) is 5.32 Å². The minimum absolute atomic E-state index is 0.182. The fourth-order valence-corrected chi connectivity index (χ4v) is 1.23. The predicted molar refractivity (Wildman–Crippen MR) is 61.4 cm³/mol. The molecule has 0 aliphatic rings. The second kappa shape index (κ2) is 7.30. The summed E-state index contributed by atoms with van der Waals surface area (Å²) in [7, 11) is 1.41. The molecule has 0 aromatic heterocycles. The van der Waals surface area contributed by atoms with Crippen LogP contribution >= 0.6 is 0 Å². The molecule has 0 saturated carbocycles. The van der Waals surface area contributed by atoms with Gasteiger partial charge >= 0.3 is 5.97 Å². The molecule has 0 amide bonds. The maximum Gasteiger partial charge on any atom is 0.312 e. The van der Waals surface area contributed by atoms with E-state index in [0.717, 1.165) is 25.8 Å². The Morgan fingerprint density at radius 1 is 1.47 bits per heavy atom. The van der Waals surface area contributed by atoms with Gasteiger partial charge in [-0.3, -0.25) is 4.79 Å². The average molecular weight is 211 g/mol. The topological polar surface area (TPSA) is 38.3 Å². The smallest absolute Gasteiger partial charge is 0.312 e. The number of nitrogens with one attached hydrogen (secondary N) is 1. The molecule has 3 heteroatoms. The number of unbranched alkanes of at least 4 members (excludes halogenated alkanes) is 2. The van der Waals surface area contributed by atoms with Crippen LogP contribution in [-0.4, -0.2) is 26.2 Å². The van der Waals surface area contributed by atoms with Crippen LogP contribution in [0.2, 0.25) is 0 Å². The maximum atomic E-state index is 11.3. The van der Waals surface area contributed by atoms with Crippen molar-refractivity contribution in [3.63, 3.8) is 0 Å². The Labute approximate surface area is 92.6 Å². The molecule has 0 aromatic rings. The Morgan fingerprint density at radius 2 is 2.13 bits per heavy atom. The normalized spacial score (nSPS) is 10.8. The molecule has 3 nitrogen and oxygen atoms in total. The molecule has 86 valence electrons. The van der Waals surface area contributed by atoms with Crippen molar-refractivity contribution in [3.05, 3.63) is 0 Å². The van der Waals surface area contributed by atoms with Gasteiger partial charge in [0.2, 0.25) is 0 Å². The first kappa shape index (κ1) is 14.0. The van der Waals surface area contributed by atoms with E-state index in [1.807, 2.05) is 13.8 Å². The third-order valence-corrected chi connectivity index (χ3v) is 2.23. The second-order valence-electron chi connectivity index (χ2n) is 4.21. The lowest BCUT2D eigenvalue weighted by atomic mass is 9.94. The summed E-state index contributed by atoms with van der Waals surface area (Å²) >= 11 is 0. The molecule has 1 N–H and O–H groups in total. The highest BCUT2D eigenvalue weighted by Crippen LogP contribution is 2.15. The van der Waals surface area contributed by atoms with Crippen molar-refractivity contribution in [2.24, 2.45) is 5.41 Å². The summed E-state index contributed by atoms with van der Waals surface area (Å²) in [4.78, 5) is 11.3. The van der Waals surface area contributed by atoms with Crippen molar-refractivity contribution >= 4 is 5.97 Å². The zero-order chi connectivity index (χ0) is 11.7. The van der Waals surface area contributed by atoms with Crippen molar-refractivity contribution in [1.29, 1.82) is 0 Å². The number of carbonyl (C=O) groups excluding carboxylic acids is 1. The summed E-state index contributed by atoms with van der Waals surface area (Å²) in [6.45, 7) is 5.26. The van der Waals surface area contributed by atoms with E-state index in [9.17, 15) is 4.79 Å². The molecule has 0 bridgehead atoms. The first-order chi connectivity index (χ1) is 7.04. The van der Waals surface area contributed by atoms with E-state index in [-0.39, 0.29) is 5.97 Å². The number of esters is 1. The number of hydrogen-bond acceptors (Lipinski definition) is 3. The molecule has 0 heterocycles. The fourth-order valence-electron chi connectivity index (χ4n) is 1.23. The molecule has 0 atom stereocenters. The average Bonchev–Trinajstić information content (AvgIpc) is 2.22. The quantitative estimate of drug-likeness (QED) is 0.395. The molecule has 0 spiro atoms. The lowest BCUT2D eigenvalue weighted by molar-refractivity contribution is -0.150. The van der Waals surface area contributed by atoms with Crippen LogP contribution in [0.3, 0.4) is 0 Å². The number of terminal acetylenes is 1. The van der Waals surface area contributed by atoms with Crippen LogP contribution < -0.4 is 5.32 Å². The molecular weight excluding hydrogens is 190 g/mol. The summed E-state index contributed by atoms with van der Waals surface area (Å²) < 4.78 is 4.71. The molecule has 0 radical (unpaired) electrons. The first-order valence-corrected chi connectivity index (χ1v) is 5.27. The van der Waals surface area contributed by atoms with Crippen LogP contribution in [0, 0.1) is 17.8 Å². The van der Waals surface area contributed by atoms with E-state index in [0.29, 0.717) is 6.54 Å². The van der Waals surface area contributed by atoms with E-state index in [2.05, 4.69) is 11.2 Å². The minimum Gasteiger partial charge on any atom is -0.469 e. The van der Waals surface area contributed by atoms with Gasteiger partial charge in [0.1, 0.15) is 0 Å². The Bertz CT molecular complexity index is 228. The van der Waals surface area contributed by atoms with Crippen molar-refractivity contribution in [2.45, 2.75) is 33.1 Å². The molecule has 0 aliphatic heterocycles. The number of hydrogen-bond donors (Lipinski definition) is 1. The molecule has 0 aromatic carbocycles. The third kappa shape index (κ3) is 6.14. The van der Waals surface area contributed by atoms with Gasteiger partial charge in [0.15, 0.2) is 0 Å². The predicted octanol–water partition coefficient (Wildman–Crippen LogP) is 1.58. The van der Waals surface area contributed by atoms with Gasteiger partial charge in [-0.2, -0.15) is 0 Å². The molecule has 0 saturated heterocycles. The van der Waals surface area contributed by atoms with Crippen LogP contribution in [0.5, 0.6) is 0 Å². The Hall–Kier alpha value is -1.01. The summed E-state index contributed by atoms with van der Waals surface area (Å²) in [5.41, 5.74) is -0.457. The number of ether oxygens (including phenoxy) is 1. The summed E-state index contributed by atoms with van der Waals surface area (Å²) in [6, 6.07) is 0. The third-order valence-electron chi connectivity index (χ3n) is 2.23. The zero-order valence-electron chi connectivity index (χ0n) is 9.93. The van der Waals surface area contributed by atoms with E-state index < -0.39 is 5.41 Å². The highest BCUT2D eigenvalue weighted by molar-refractivity contribution is 5.75. The minimum atomic E-state index is -0.457. The highest BCUT2D eigenvalue weighted by atomic mass is 16.5. The molecular formula is C12H21NO2. The van der Waals surface area contributed by atoms with Crippen LogP contribution in [0.4, 0.5) is 0 Å². The van der Waals surface area contributed by atoms with Crippen LogP contribution in [-0.2, 0) is 9.53 Å². The van der Waals surface area contributed by atoms with Crippen molar-refractivity contribution in [2.75, 3.05) is 20.2 Å². The Morgan fingerprint density at radius 3 is 2.67 bits per heavy atom. The zero-order valence-corrected chi connectivity index (χ0v) is 9.93. The van der Waals surface area contributed by atoms with Gasteiger partial charge in [-0.15, -0.1) is 12.3 Å². The monoisotopic (exact) mass is 211 g/mol. The standard InChI is InChI=1S/C12H21NO2/c1-5-6-7-8-9-13-10-12(2,3)11(14)15-4/h1,13H,6-10H2,2-4H3. The van der Waals surface area contributed by atoms with Gasteiger partial charge in [0.05, 0.1) is 12.5 Å². The number of methoxy groups -OCH3 is 1. The van der Waals surface area contributed by atoms with Crippen molar-refractivity contribution < 1.29 is 9.53 Å². The van der Waals surface area contributed by atoms with Gasteiger partial charge in [0.25, 0.3) is 0 Å². The van der Waals surface area contributed by atoms with Gasteiger partial charge in [-0.25, -0.2) is 0 Å². The van der Waals surface area contributed by atoms with E-state index in [1.165, 1.54) is 7.11 Å². The van der Waals surface area contributed by atoms with Gasteiger partial charge in [-0.1, -0.05) is 0 Å². The Balaban J connectivity index is 3.58. The lowest BCUT2D eigenvalue weighted by Gasteiger charge is -2.21.